The molecule has 0 amide bonds. The summed E-state index contributed by atoms with van der Waals surface area (Å²) in [6, 6.07) is 5.72. The maximum Gasteiger partial charge on any atom is 0.452 e. The van der Waals surface area contributed by atoms with Crippen LogP contribution in [0, 0.1) is 11.3 Å². The first-order valence-corrected chi connectivity index (χ1v) is 3.85. The van der Waals surface area contributed by atoms with E-state index in [1.807, 2.05) is 0 Å². The maximum absolute atomic E-state index is 12.4. The fourth-order valence-electron chi connectivity index (χ4n) is 1.21. The van der Waals surface area contributed by atoms with Gasteiger partial charge in [-0.25, -0.2) is 0 Å². The minimum absolute atomic E-state index is 0.00127. The Morgan fingerprint density at radius 2 is 2.00 bits per heavy atom. The summed E-state index contributed by atoms with van der Waals surface area (Å²) in [6.07, 6.45) is -4.62. The molecule has 0 aliphatic heterocycles. The molecule has 2 heterocycles. The standard InChI is InChI=1S/C8H3F3N4/c9-8(10,11)7-14-13-6-3-1-2-5(4-12)15(6)7/h1-3H. The van der Waals surface area contributed by atoms with E-state index in [4.69, 9.17) is 5.26 Å². The lowest BCUT2D eigenvalue weighted by molar-refractivity contribution is -0.145. The molecule has 0 spiro atoms. The van der Waals surface area contributed by atoms with Crippen molar-refractivity contribution in [2.45, 2.75) is 6.18 Å². The molecule has 0 N–H and O–H groups in total. The first-order valence-electron chi connectivity index (χ1n) is 3.85. The van der Waals surface area contributed by atoms with Crippen molar-refractivity contribution in [3.05, 3.63) is 29.7 Å². The highest BCUT2D eigenvalue weighted by atomic mass is 19.4. The lowest BCUT2D eigenvalue weighted by Gasteiger charge is -2.04. The molecule has 0 unspecified atom stereocenters. The first kappa shape index (κ1) is 9.45. The highest BCUT2D eigenvalue weighted by Gasteiger charge is 2.37. The minimum Gasteiger partial charge on any atom is -0.262 e. The minimum atomic E-state index is -4.62. The lowest BCUT2D eigenvalue weighted by Crippen LogP contribution is -2.12. The third-order valence-electron chi connectivity index (χ3n) is 1.80. The predicted molar refractivity (Wildman–Crippen MR) is 42.7 cm³/mol. The molecule has 0 aromatic carbocycles. The average molecular weight is 212 g/mol. The normalized spacial score (nSPS) is 11.6. The van der Waals surface area contributed by atoms with Gasteiger partial charge in [-0.1, -0.05) is 6.07 Å². The first-order chi connectivity index (χ1) is 7.04. The Balaban J connectivity index is 2.85. The van der Waals surface area contributed by atoms with Gasteiger partial charge < -0.3 is 0 Å². The van der Waals surface area contributed by atoms with Crippen molar-refractivity contribution in [3.63, 3.8) is 0 Å². The fourth-order valence-corrected chi connectivity index (χ4v) is 1.21. The van der Waals surface area contributed by atoms with E-state index < -0.39 is 12.0 Å². The summed E-state index contributed by atoms with van der Waals surface area (Å²) in [5.74, 6) is -1.19. The number of halogens is 3. The molecule has 0 bridgehead atoms. The number of nitrogens with zero attached hydrogens (tertiary/aromatic N) is 4. The summed E-state index contributed by atoms with van der Waals surface area (Å²) in [4.78, 5) is 0. The van der Waals surface area contributed by atoms with Gasteiger partial charge >= 0.3 is 6.18 Å². The molecule has 0 fully saturated rings. The van der Waals surface area contributed by atoms with Gasteiger partial charge in [0, 0.05) is 0 Å². The summed E-state index contributed by atoms with van der Waals surface area (Å²) in [5.41, 5.74) is -0.147. The lowest BCUT2D eigenvalue weighted by atomic mass is 10.3. The van der Waals surface area contributed by atoms with Crippen LogP contribution in [0.1, 0.15) is 11.5 Å². The van der Waals surface area contributed by atoms with E-state index in [0.717, 1.165) is 0 Å². The van der Waals surface area contributed by atoms with Crippen molar-refractivity contribution in [2.24, 2.45) is 0 Å². The average Bonchev–Trinajstić information content (AvgIpc) is 2.59. The summed E-state index contributed by atoms with van der Waals surface area (Å²) in [5, 5.41) is 15.0. The van der Waals surface area contributed by atoms with Gasteiger partial charge in [0.15, 0.2) is 5.65 Å². The van der Waals surface area contributed by atoms with Crippen molar-refractivity contribution >= 4 is 5.65 Å². The molecule has 0 saturated heterocycles. The molecular formula is C8H3F3N4. The zero-order valence-electron chi connectivity index (χ0n) is 7.15. The van der Waals surface area contributed by atoms with Gasteiger partial charge in [-0.15, -0.1) is 10.2 Å². The Morgan fingerprint density at radius 3 is 2.60 bits per heavy atom. The molecule has 0 aliphatic carbocycles. The van der Waals surface area contributed by atoms with Crippen LogP contribution < -0.4 is 0 Å². The van der Waals surface area contributed by atoms with Crippen LogP contribution in [0.5, 0.6) is 0 Å². The van der Waals surface area contributed by atoms with Crippen molar-refractivity contribution in [2.75, 3.05) is 0 Å². The Kier molecular flexibility index (Phi) is 1.86. The van der Waals surface area contributed by atoms with Crippen LogP contribution in [0.15, 0.2) is 18.2 Å². The molecule has 0 atom stereocenters. The predicted octanol–water partition coefficient (Wildman–Crippen LogP) is 1.62. The number of alkyl halides is 3. The van der Waals surface area contributed by atoms with Crippen molar-refractivity contribution < 1.29 is 13.2 Å². The summed E-state index contributed by atoms with van der Waals surface area (Å²) in [6.45, 7) is 0. The Morgan fingerprint density at radius 1 is 1.27 bits per heavy atom. The smallest absolute Gasteiger partial charge is 0.262 e. The van der Waals surface area contributed by atoms with Gasteiger partial charge in [-0.05, 0) is 12.1 Å². The van der Waals surface area contributed by atoms with Crippen LogP contribution in [0.3, 0.4) is 0 Å². The van der Waals surface area contributed by atoms with Gasteiger partial charge in [0.25, 0.3) is 0 Å². The summed E-state index contributed by atoms with van der Waals surface area (Å²) >= 11 is 0. The van der Waals surface area contributed by atoms with Gasteiger partial charge in [-0.3, -0.25) is 4.40 Å². The van der Waals surface area contributed by atoms with Crippen LogP contribution in [0.2, 0.25) is 0 Å². The molecule has 15 heavy (non-hydrogen) atoms. The largest absolute Gasteiger partial charge is 0.452 e. The second kappa shape index (κ2) is 2.95. The van der Waals surface area contributed by atoms with E-state index in [-0.39, 0.29) is 11.3 Å². The molecule has 76 valence electrons. The van der Waals surface area contributed by atoms with Crippen LogP contribution in [0.4, 0.5) is 13.2 Å². The van der Waals surface area contributed by atoms with Gasteiger partial charge in [0.2, 0.25) is 5.82 Å². The molecule has 0 aliphatic rings. The van der Waals surface area contributed by atoms with Crippen molar-refractivity contribution in [3.8, 4) is 6.07 Å². The number of aromatic nitrogens is 3. The highest BCUT2D eigenvalue weighted by Crippen LogP contribution is 2.28. The zero-order valence-corrected chi connectivity index (χ0v) is 7.15. The van der Waals surface area contributed by atoms with E-state index in [1.165, 1.54) is 18.2 Å². The summed E-state index contributed by atoms with van der Waals surface area (Å²) < 4.78 is 38.0. The molecule has 4 nitrogen and oxygen atoms in total. The maximum atomic E-state index is 12.4. The number of fused-ring (bicyclic) bond motifs is 1. The zero-order chi connectivity index (χ0) is 11.1. The van der Waals surface area contributed by atoms with Gasteiger partial charge in [-0.2, -0.15) is 18.4 Å². The van der Waals surface area contributed by atoms with Crippen molar-refractivity contribution in [1.29, 1.82) is 5.26 Å². The molecule has 2 rings (SSSR count). The fraction of sp³-hybridized carbons (Fsp3) is 0.125. The summed E-state index contributed by atoms with van der Waals surface area (Å²) in [7, 11) is 0. The van der Waals surface area contributed by atoms with Crippen LogP contribution in [0.25, 0.3) is 5.65 Å². The van der Waals surface area contributed by atoms with E-state index in [2.05, 4.69) is 10.2 Å². The third-order valence-corrected chi connectivity index (χ3v) is 1.80. The topological polar surface area (TPSA) is 54.0 Å². The van der Waals surface area contributed by atoms with Crippen LogP contribution >= 0.6 is 0 Å². The molecule has 2 aromatic heterocycles. The second-order valence-corrected chi connectivity index (χ2v) is 2.74. The third kappa shape index (κ3) is 1.40. The van der Waals surface area contributed by atoms with Crippen molar-refractivity contribution in [1.82, 2.24) is 14.6 Å². The molecule has 0 radical (unpaired) electrons. The molecule has 2 aromatic rings. The van der Waals surface area contributed by atoms with Crippen LogP contribution in [-0.2, 0) is 6.18 Å². The Labute approximate surface area is 81.6 Å². The molecule has 0 saturated carbocycles. The molecule has 7 heteroatoms. The van der Waals surface area contributed by atoms with E-state index in [0.29, 0.717) is 4.40 Å². The Hall–Kier alpha value is -2.10. The van der Waals surface area contributed by atoms with Crippen LogP contribution in [-0.4, -0.2) is 14.6 Å². The van der Waals surface area contributed by atoms with Gasteiger partial charge in [0.1, 0.15) is 11.8 Å². The quantitative estimate of drug-likeness (QED) is 0.666. The number of pyridine rings is 1. The SMILES string of the molecule is N#Cc1cccc2nnc(C(F)(F)F)n12. The second-order valence-electron chi connectivity index (χ2n) is 2.74. The molecular weight excluding hydrogens is 209 g/mol. The van der Waals surface area contributed by atoms with E-state index in [1.54, 1.807) is 6.07 Å². The van der Waals surface area contributed by atoms with E-state index >= 15 is 0 Å². The monoisotopic (exact) mass is 212 g/mol. The number of nitriles is 1. The number of rotatable bonds is 0. The number of hydrogen-bond acceptors (Lipinski definition) is 3. The number of hydrogen-bond donors (Lipinski definition) is 0. The highest BCUT2D eigenvalue weighted by molar-refractivity contribution is 5.43. The Bertz CT molecular complexity index is 549. The van der Waals surface area contributed by atoms with Gasteiger partial charge in [0.05, 0.1) is 0 Å². The van der Waals surface area contributed by atoms with E-state index in [9.17, 15) is 13.2 Å².